The topological polar surface area (TPSA) is 26.0 Å². The second-order valence-electron chi connectivity index (χ2n) is 5.63. The molecular formula is C15H21ClFN. The fourth-order valence-electron chi connectivity index (χ4n) is 3.18. The summed E-state index contributed by atoms with van der Waals surface area (Å²) in [5.41, 5.74) is 7.01. The zero-order chi connectivity index (χ0) is 13.2. The van der Waals surface area contributed by atoms with Crippen LogP contribution in [-0.4, -0.2) is 6.54 Å². The van der Waals surface area contributed by atoms with Crippen molar-refractivity contribution in [2.75, 3.05) is 6.54 Å². The van der Waals surface area contributed by atoms with E-state index in [2.05, 4.69) is 6.92 Å². The molecule has 2 N–H and O–H groups in total. The summed E-state index contributed by atoms with van der Waals surface area (Å²) in [6, 6.07) is 4.60. The van der Waals surface area contributed by atoms with E-state index in [0.717, 1.165) is 30.7 Å². The molecule has 100 valence electrons. The van der Waals surface area contributed by atoms with Crippen molar-refractivity contribution in [3.63, 3.8) is 0 Å². The Balaban J connectivity index is 2.18. The van der Waals surface area contributed by atoms with Crippen molar-refractivity contribution in [3.8, 4) is 0 Å². The lowest BCUT2D eigenvalue weighted by atomic mass is 9.79. The Morgan fingerprint density at radius 2 is 2.28 bits per heavy atom. The molecule has 0 aliphatic heterocycles. The Labute approximate surface area is 114 Å². The van der Waals surface area contributed by atoms with E-state index >= 15 is 0 Å². The lowest BCUT2D eigenvalue weighted by Gasteiger charge is -2.28. The number of hydrogen-bond donors (Lipinski definition) is 1. The highest BCUT2D eigenvalue weighted by molar-refractivity contribution is 6.31. The van der Waals surface area contributed by atoms with Crippen LogP contribution < -0.4 is 5.73 Å². The largest absolute Gasteiger partial charge is 0.330 e. The summed E-state index contributed by atoms with van der Waals surface area (Å²) in [6.45, 7) is 2.89. The molecule has 0 amide bonds. The van der Waals surface area contributed by atoms with Gasteiger partial charge in [0.05, 0.1) is 0 Å². The van der Waals surface area contributed by atoms with Gasteiger partial charge in [-0.3, -0.25) is 0 Å². The molecule has 2 rings (SSSR count). The smallest absolute Gasteiger partial charge is 0.123 e. The van der Waals surface area contributed by atoms with Crippen LogP contribution in [0.4, 0.5) is 4.39 Å². The molecule has 18 heavy (non-hydrogen) atoms. The number of nitrogens with two attached hydrogens (primary N) is 1. The Morgan fingerprint density at radius 1 is 1.50 bits per heavy atom. The van der Waals surface area contributed by atoms with E-state index in [0.29, 0.717) is 11.6 Å². The summed E-state index contributed by atoms with van der Waals surface area (Å²) in [5, 5.41) is 0.657. The normalized spacial score (nSPS) is 27.7. The third-order valence-corrected chi connectivity index (χ3v) is 4.76. The molecule has 0 saturated heterocycles. The van der Waals surface area contributed by atoms with Gasteiger partial charge in [-0.25, -0.2) is 4.39 Å². The summed E-state index contributed by atoms with van der Waals surface area (Å²) < 4.78 is 13.3. The van der Waals surface area contributed by atoms with Crippen LogP contribution in [0, 0.1) is 17.2 Å². The molecular weight excluding hydrogens is 249 g/mol. The monoisotopic (exact) mass is 269 g/mol. The average Bonchev–Trinajstić information content (AvgIpc) is 2.78. The summed E-state index contributed by atoms with van der Waals surface area (Å²) in [5.74, 6) is 0.549. The number of halogens is 2. The first-order valence-electron chi connectivity index (χ1n) is 6.72. The van der Waals surface area contributed by atoms with Crippen molar-refractivity contribution in [1.82, 2.24) is 0 Å². The van der Waals surface area contributed by atoms with Crippen molar-refractivity contribution in [2.24, 2.45) is 17.1 Å². The summed E-state index contributed by atoms with van der Waals surface area (Å²) in [7, 11) is 0. The van der Waals surface area contributed by atoms with E-state index in [-0.39, 0.29) is 11.2 Å². The van der Waals surface area contributed by atoms with Crippen molar-refractivity contribution < 1.29 is 4.39 Å². The van der Waals surface area contributed by atoms with Gasteiger partial charge in [0.25, 0.3) is 0 Å². The molecule has 1 aromatic rings. The van der Waals surface area contributed by atoms with Crippen LogP contribution in [0.5, 0.6) is 0 Å². The first kappa shape index (κ1) is 13.8. The SMILES string of the molecule is CCC1CCC(CN)(Cc2cc(F)ccc2Cl)C1. The van der Waals surface area contributed by atoms with Gasteiger partial charge < -0.3 is 5.73 Å². The van der Waals surface area contributed by atoms with Crippen LogP contribution in [0.1, 0.15) is 38.2 Å². The van der Waals surface area contributed by atoms with Gasteiger partial charge in [-0.2, -0.15) is 0 Å². The highest BCUT2D eigenvalue weighted by atomic mass is 35.5. The van der Waals surface area contributed by atoms with E-state index in [1.54, 1.807) is 12.1 Å². The molecule has 0 spiro atoms. The van der Waals surface area contributed by atoms with Gasteiger partial charge in [0.15, 0.2) is 0 Å². The standard InChI is InChI=1S/C15H21ClFN/c1-2-11-5-6-15(8-11,10-18)9-12-7-13(17)3-4-14(12)16/h3-4,7,11H,2,5-6,8-10,18H2,1H3. The molecule has 0 aromatic heterocycles. The summed E-state index contributed by atoms with van der Waals surface area (Å²) in [6.07, 6.45) is 5.53. The zero-order valence-corrected chi connectivity index (χ0v) is 11.6. The summed E-state index contributed by atoms with van der Waals surface area (Å²) >= 11 is 6.16. The Hall–Kier alpha value is -0.600. The average molecular weight is 270 g/mol. The third kappa shape index (κ3) is 2.86. The second-order valence-corrected chi connectivity index (χ2v) is 6.04. The third-order valence-electron chi connectivity index (χ3n) is 4.39. The van der Waals surface area contributed by atoms with Crippen molar-refractivity contribution in [3.05, 3.63) is 34.6 Å². The fraction of sp³-hybridized carbons (Fsp3) is 0.600. The lowest BCUT2D eigenvalue weighted by molar-refractivity contribution is 0.290. The van der Waals surface area contributed by atoms with Gasteiger partial charge in [0, 0.05) is 5.02 Å². The van der Waals surface area contributed by atoms with Gasteiger partial charge in [-0.05, 0) is 67.3 Å². The predicted octanol–water partition coefficient (Wildman–Crippen LogP) is 4.18. The first-order valence-corrected chi connectivity index (χ1v) is 7.10. The van der Waals surface area contributed by atoms with Crippen LogP contribution in [0.25, 0.3) is 0 Å². The Bertz CT molecular complexity index is 421. The maximum Gasteiger partial charge on any atom is 0.123 e. The maximum absolute atomic E-state index is 13.3. The first-order chi connectivity index (χ1) is 8.58. The van der Waals surface area contributed by atoms with E-state index < -0.39 is 0 Å². The van der Waals surface area contributed by atoms with Crippen molar-refractivity contribution in [1.29, 1.82) is 0 Å². The van der Waals surface area contributed by atoms with Crippen LogP contribution in [-0.2, 0) is 6.42 Å². The van der Waals surface area contributed by atoms with Crippen LogP contribution >= 0.6 is 11.6 Å². The second kappa shape index (κ2) is 5.58. The number of hydrogen-bond acceptors (Lipinski definition) is 1. The van der Waals surface area contributed by atoms with E-state index in [4.69, 9.17) is 17.3 Å². The minimum absolute atomic E-state index is 0.123. The Kier molecular flexibility index (Phi) is 4.29. The molecule has 3 heteroatoms. The van der Waals surface area contributed by atoms with E-state index in [9.17, 15) is 4.39 Å². The van der Waals surface area contributed by atoms with Gasteiger partial charge in [0.2, 0.25) is 0 Å². The van der Waals surface area contributed by atoms with Crippen LogP contribution in [0.2, 0.25) is 5.02 Å². The highest BCUT2D eigenvalue weighted by Crippen LogP contribution is 2.45. The van der Waals surface area contributed by atoms with Gasteiger partial charge in [-0.15, -0.1) is 0 Å². The molecule has 1 fully saturated rings. The molecule has 1 aliphatic rings. The van der Waals surface area contributed by atoms with Gasteiger partial charge in [-0.1, -0.05) is 24.9 Å². The van der Waals surface area contributed by atoms with Gasteiger partial charge >= 0.3 is 0 Å². The molecule has 0 bridgehead atoms. The van der Waals surface area contributed by atoms with Gasteiger partial charge in [0.1, 0.15) is 5.82 Å². The van der Waals surface area contributed by atoms with Crippen molar-refractivity contribution >= 4 is 11.6 Å². The minimum Gasteiger partial charge on any atom is -0.330 e. The van der Waals surface area contributed by atoms with Crippen LogP contribution in [0.15, 0.2) is 18.2 Å². The molecule has 2 unspecified atom stereocenters. The molecule has 1 aromatic carbocycles. The minimum atomic E-state index is -0.216. The fourth-order valence-corrected chi connectivity index (χ4v) is 3.36. The molecule has 1 saturated carbocycles. The summed E-state index contributed by atoms with van der Waals surface area (Å²) in [4.78, 5) is 0. The quantitative estimate of drug-likeness (QED) is 0.872. The molecule has 0 radical (unpaired) electrons. The lowest BCUT2D eigenvalue weighted by Crippen LogP contribution is -2.30. The Morgan fingerprint density at radius 3 is 2.89 bits per heavy atom. The van der Waals surface area contributed by atoms with Crippen molar-refractivity contribution in [2.45, 2.75) is 39.0 Å². The predicted molar refractivity (Wildman–Crippen MR) is 74.2 cm³/mol. The number of rotatable bonds is 4. The number of benzene rings is 1. The van der Waals surface area contributed by atoms with Crippen LogP contribution in [0.3, 0.4) is 0 Å². The molecule has 1 aliphatic carbocycles. The molecule has 0 heterocycles. The van der Waals surface area contributed by atoms with E-state index in [1.807, 2.05) is 0 Å². The maximum atomic E-state index is 13.3. The zero-order valence-electron chi connectivity index (χ0n) is 10.9. The highest BCUT2D eigenvalue weighted by Gasteiger charge is 2.37. The molecule has 1 nitrogen and oxygen atoms in total. The van der Waals surface area contributed by atoms with E-state index in [1.165, 1.54) is 18.9 Å². The molecule has 2 atom stereocenters.